The summed E-state index contributed by atoms with van der Waals surface area (Å²) < 4.78 is 7.30. The molecule has 6 rings (SSSR count). The van der Waals surface area contributed by atoms with Gasteiger partial charge in [0.15, 0.2) is 11.5 Å². The highest BCUT2D eigenvalue weighted by molar-refractivity contribution is 6.29. The molecule has 5 heterocycles. The first-order valence-corrected chi connectivity index (χ1v) is 13.0. The first-order valence-electron chi connectivity index (χ1n) is 12.6. The molecule has 0 bridgehead atoms. The average Bonchev–Trinajstić information content (AvgIpc) is 3.37. The van der Waals surface area contributed by atoms with Gasteiger partial charge in [-0.25, -0.2) is 19.9 Å². The minimum Gasteiger partial charge on any atom is -0.497 e. The third kappa shape index (κ3) is 4.84. The lowest BCUT2D eigenvalue weighted by Gasteiger charge is -2.41. The van der Waals surface area contributed by atoms with E-state index in [9.17, 15) is 0 Å². The van der Waals surface area contributed by atoms with Crippen LogP contribution in [-0.2, 0) is 12.1 Å². The molecule has 0 unspecified atom stereocenters. The fourth-order valence-electron chi connectivity index (χ4n) is 5.20. The van der Waals surface area contributed by atoms with Crippen molar-refractivity contribution in [2.24, 2.45) is 5.73 Å². The molecule has 1 fully saturated rings. The Hall–Kier alpha value is -4.28. The van der Waals surface area contributed by atoms with E-state index in [0.29, 0.717) is 35.2 Å². The normalized spacial score (nSPS) is 17.5. The number of imidazole rings is 1. The molecular weight excluding hydrogens is 514 g/mol. The zero-order chi connectivity index (χ0) is 27.0. The van der Waals surface area contributed by atoms with Gasteiger partial charge in [0.25, 0.3) is 0 Å². The van der Waals surface area contributed by atoms with E-state index in [-0.39, 0.29) is 0 Å². The van der Waals surface area contributed by atoms with Gasteiger partial charge in [0.2, 0.25) is 0 Å². The Morgan fingerprint density at radius 3 is 2.72 bits per heavy atom. The number of piperidine rings is 1. The summed E-state index contributed by atoms with van der Waals surface area (Å²) in [5.74, 6) is 1.14. The first-order chi connectivity index (χ1) is 18.9. The van der Waals surface area contributed by atoms with E-state index in [4.69, 9.17) is 32.8 Å². The van der Waals surface area contributed by atoms with Crippen LogP contribution in [-0.4, -0.2) is 49.7 Å². The Kier molecular flexibility index (Phi) is 6.49. The molecule has 0 radical (unpaired) electrons. The maximum atomic E-state index is 6.96. The Bertz CT molecular complexity index is 1640. The molecule has 4 aromatic heterocycles. The zero-order valence-corrected chi connectivity index (χ0v) is 22.2. The monoisotopic (exact) mass is 541 g/mol. The molecule has 10 nitrogen and oxygen atoms in total. The van der Waals surface area contributed by atoms with Crippen LogP contribution in [0.5, 0.6) is 5.75 Å². The van der Waals surface area contributed by atoms with E-state index in [2.05, 4.69) is 30.9 Å². The van der Waals surface area contributed by atoms with Crippen LogP contribution in [0.15, 0.2) is 67.4 Å². The van der Waals surface area contributed by atoms with Gasteiger partial charge in [-0.05, 0) is 60.9 Å². The number of nitrogens with zero attached hydrogens (tertiary/aromatic N) is 7. The summed E-state index contributed by atoms with van der Waals surface area (Å²) in [5.41, 5.74) is 18.3. The number of hydrogen-bond acceptors (Lipinski definition) is 9. The molecule has 1 aliphatic rings. The summed E-state index contributed by atoms with van der Waals surface area (Å²) in [5, 5.41) is 0.439. The van der Waals surface area contributed by atoms with Crippen LogP contribution in [0.25, 0.3) is 22.4 Å². The second-order valence-electron chi connectivity index (χ2n) is 9.76. The molecule has 198 valence electrons. The maximum Gasteiger partial charge on any atom is 0.165 e. The summed E-state index contributed by atoms with van der Waals surface area (Å²) in [7, 11) is 1.65. The molecule has 4 N–H and O–H groups in total. The van der Waals surface area contributed by atoms with Crippen molar-refractivity contribution >= 4 is 34.3 Å². The molecule has 1 aromatic carbocycles. The molecule has 1 saturated heterocycles. The summed E-state index contributed by atoms with van der Waals surface area (Å²) in [6.45, 7) is 1.93. The number of halogens is 1. The summed E-state index contributed by atoms with van der Waals surface area (Å²) >= 11 is 6.21. The Labute approximate surface area is 230 Å². The van der Waals surface area contributed by atoms with E-state index in [1.54, 1.807) is 19.5 Å². The molecular formula is C28H28ClN9O. The van der Waals surface area contributed by atoms with Crippen molar-refractivity contribution in [1.29, 1.82) is 0 Å². The fraction of sp³-hybridized carbons (Fsp3) is 0.250. The SMILES string of the molecule is COc1ccc(-c2cc(Cn3cnc4c(N)ncnc43)c(N3CCC[C@](N)(c4cccc(Cl)n4)C3)cn2)cc1. The zero-order valence-electron chi connectivity index (χ0n) is 21.5. The van der Waals surface area contributed by atoms with Gasteiger partial charge in [0.1, 0.15) is 22.7 Å². The van der Waals surface area contributed by atoms with E-state index in [1.165, 1.54) is 6.33 Å². The third-order valence-corrected chi connectivity index (χ3v) is 7.42. The average molecular weight is 542 g/mol. The Morgan fingerprint density at radius 1 is 1.08 bits per heavy atom. The molecule has 5 aromatic rings. The van der Waals surface area contributed by atoms with Crippen LogP contribution in [0.1, 0.15) is 24.1 Å². The molecule has 39 heavy (non-hydrogen) atoms. The number of fused-ring (bicyclic) bond motifs is 1. The Balaban J connectivity index is 1.41. The number of aromatic nitrogens is 6. The van der Waals surface area contributed by atoms with Gasteiger partial charge in [-0.3, -0.25) is 4.98 Å². The van der Waals surface area contributed by atoms with Crippen molar-refractivity contribution in [1.82, 2.24) is 29.5 Å². The minimum atomic E-state index is -0.640. The quantitative estimate of drug-likeness (QED) is 0.305. The fourth-order valence-corrected chi connectivity index (χ4v) is 5.37. The number of hydrogen-bond donors (Lipinski definition) is 2. The van der Waals surface area contributed by atoms with Crippen molar-refractivity contribution in [3.8, 4) is 17.0 Å². The van der Waals surface area contributed by atoms with E-state index >= 15 is 0 Å². The van der Waals surface area contributed by atoms with E-state index in [1.807, 2.05) is 47.2 Å². The molecule has 0 saturated carbocycles. The van der Waals surface area contributed by atoms with Crippen LogP contribution in [0, 0.1) is 0 Å². The molecule has 11 heteroatoms. The molecule has 0 spiro atoms. The second kappa shape index (κ2) is 10.1. The lowest BCUT2D eigenvalue weighted by molar-refractivity contribution is 0.345. The van der Waals surface area contributed by atoms with E-state index in [0.717, 1.165) is 53.3 Å². The van der Waals surface area contributed by atoms with Crippen molar-refractivity contribution < 1.29 is 4.74 Å². The molecule has 0 amide bonds. The lowest BCUT2D eigenvalue weighted by atomic mass is 9.86. The van der Waals surface area contributed by atoms with Gasteiger partial charge in [-0.15, -0.1) is 0 Å². The van der Waals surface area contributed by atoms with Gasteiger partial charge in [0.05, 0.1) is 48.8 Å². The maximum absolute atomic E-state index is 6.96. The standard InChI is InChI=1S/C28H28ClN9O/c1-39-20-8-6-18(7-9-20)21-12-19(14-38-17-35-25-26(30)33-16-34-27(25)38)22(13-32-21)37-11-3-10-28(31,15-37)23-4-2-5-24(29)36-23/h2,4-9,12-13,16-17H,3,10-11,14-15,31H2,1H3,(H2,30,33,34)/t28-/m1/s1. The number of nitrogens with two attached hydrogens (primary N) is 2. The second-order valence-corrected chi connectivity index (χ2v) is 10.1. The molecule has 1 aliphatic heterocycles. The largest absolute Gasteiger partial charge is 0.497 e. The number of benzene rings is 1. The Morgan fingerprint density at radius 2 is 1.92 bits per heavy atom. The van der Waals surface area contributed by atoms with Gasteiger partial charge in [0, 0.05) is 18.7 Å². The first kappa shape index (κ1) is 25.0. The van der Waals surface area contributed by atoms with Crippen molar-refractivity contribution in [3.05, 3.63) is 83.8 Å². The van der Waals surface area contributed by atoms with Crippen LogP contribution in [0.3, 0.4) is 0 Å². The van der Waals surface area contributed by atoms with Crippen LogP contribution < -0.4 is 21.1 Å². The van der Waals surface area contributed by atoms with Gasteiger partial charge < -0.3 is 25.7 Å². The number of anilines is 2. The predicted molar refractivity (Wildman–Crippen MR) is 152 cm³/mol. The van der Waals surface area contributed by atoms with Gasteiger partial charge in [-0.1, -0.05) is 17.7 Å². The molecule has 0 aliphatic carbocycles. The number of pyridine rings is 2. The number of nitrogen functional groups attached to an aromatic ring is 1. The minimum absolute atomic E-state index is 0.352. The smallest absolute Gasteiger partial charge is 0.165 e. The highest BCUT2D eigenvalue weighted by Crippen LogP contribution is 2.35. The third-order valence-electron chi connectivity index (χ3n) is 7.21. The number of ether oxygens (including phenoxy) is 1. The predicted octanol–water partition coefficient (Wildman–Crippen LogP) is 4.03. The summed E-state index contributed by atoms with van der Waals surface area (Å²) in [4.78, 5) is 24.6. The van der Waals surface area contributed by atoms with Crippen LogP contribution in [0.2, 0.25) is 5.15 Å². The summed E-state index contributed by atoms with van der Waals surface area (Å²) in [6, 6.07) is 15.6. The molecule has 1 atom stereocenters. The highest BCUT2D eigenvalue weighted by atomic mass is 35.5. The van der Waals surface area contributed by atoms with Crippen molar-refractivity contribution in [2.75, 3.05) is 30.8 Å². The van der Waals surface area contributed by atoms with Gasteiger partial charge >= 0.3 is 0 Å². The highest BCUT2D eigenvalue weighted by Gasteiger charge is 2.35. The van der Waals surface area contributed by atoms with Crippen molar-refractivity contribution in [2.45, 2.75) is 24.9 Å². The topological polar surface area (TPSA) is 134 Å². The lowest BCUT2D eigenvalue weighted by Crippen LogP contribution is -2.52. The summed E-state index contributed by atoms with van der Waals surface area (Å²) in [6.07, 6.45) is 6.84. The van der Waals surface area contributed by atoms with Crippen LogP contribution in [0.4, 0.5) is 11.5 Å². The number of methoxy groups -OCH3 is 1. The number of rotatable bonds is 6. The van der Waals surface area contributed by atoms with Crippen LogP contribution >= 0.6 is 11.6 Å². The van der Waals surface area contributed by atoms with Gasteiger partial charge in [-0.2, -0.15) is 0 Å². The van der Waals surface area contributed by atoms with Crippen molar-refractivity contribution in [3.63, 3.8) is 0 Å². The van der Waals surface area contributed by atoms with E-state index < -0.39 is 5.54 Å².